The van der Waals surface area contributed by atoms with Crippen molar-refractivity contribution in [3.05, 3.63) is 80.8 Å². The van der Waals surface area contributed by atoms with E-state index in [2.05, 4.69) is 5.32 Å². The summed E-state index contributed by atoms with van der Waals surface area (Å²) in [4.78, 5) is 48.2. The SMILES string of the molecule is COc1ccc(C=C2SC(=O)N(CCNC(=O)C=Cc3ccc([N+](=O)[O-])cc3)C2=O)cc1. The summed E-state index contributed by atoms with van der Waals surface area (Å²) in [5, 5.41) is 12.9. The zero-order chi connectivity index (χ0) is 23.1. The number of benzene rings is 2. The van der Waals surface area contributed by atoms with Crippen LogP contribution >= 0.6 is 11.8 Å². The second kappa shape index (κ2) is 10.4. The van der Waals surface area contributed by atoms with Crippen LogP contribution in [0.4, 0.5) is 10.5 Å². The lowest BCUT2D eigenvalue weighted by Gasteiger charge is -2.12. The monoisotopic (exact) mass is 453 g/mol. The molecule has 1 aliphatic heterocycles. The third kappa shape index (κ3) is 5.82. The van der Waals surface area contributed by atoms with Gasteiger partial charge in [-0.3, -0.25) is 29.4 Å². The van der Waals surface area contributed by atoms with E-state index in [-0.39, 0.29) is 18.8 Å². The summed E-state index contributed by atoms with van der Waals surface area (Å²) in [7, 11) is 1.56. The van der Waals surface area contributed by atoms with Gasteiger partial charge in [-0.05, 0) is 59.3 Å². The number of nitro groups is 1. The molecule has 1 saturated heterocycles. The highest BCUT2D eigenvalue weighted by Crippen LogP contribution is 2.32. The number of non-ortho nitro benzene ring substituents is 1. The number of nitrogens with one attached hydrogen (secondary N) is 1. The molecule has 164 valence electrons. The zero-order valence-electron chi connectivity index (χ0n) is 17.0. The lowest BCUT2D eigenvalue weighted by atomic mass is 10.2. The fourth-order valence-corrected chi connectivity index (χ4v) is 3.64. The molecule has 0 unspecified atom stereocenters. The van der Waals surface area contributed by atoms with E-state index in [1.165, 1.54) is 36.4 Å². The van der Waals surface area contributed by atoms with Crippen LogP contribution in [-0.2, 0) is 9.59 Å². The van der Waals surface area contributed by atoms with E-state index in [1.807, 2.05) is 0 Å². The Morgan fingerprint density at radius 3 is 2.41 bits per heavy atom. The van der Waals surface area contributed by atoms with Crippen molar-refractivity contribution >= 4 is 46.7 Å². The molecule has 0 aromatic heterocycles. The Hall–Kier alpha value is -3.92. The van der Waals surface area contributed by atoms with E-state index in [1.54, 1.807) is 37.5 Å². The first-order valence-corrected chi connectivity index (χ1v) is 10.3. The number of methoxy groups -OCH3 is 1. The molecule has 0 spiro atoms. The van der Waals surface area contributed by atoms with Crippen molar-refractivity contribution < 1.29 is 24.0 Å². The third-order valence-corrected chi connectivity index (χ3v) is 5.36. The van der Waals surface area contributed by atoms with Crippen LogP contribution in [0.1, 0.15) is 11.1 Å². The molecule has 3 amide bonds. The maximum absolute atomic E-state index is 12.5. The zero-order valence-corrected chi connectivity index (χ0v) is 17.8. The molecular formula is C22H19N3O6S. The average Bonchev–Trinajstić information content (AvgIpc) is 3.05. The minimum Gasteiger partial charge on any atom is -0.497 e. The van der Waals surface area contributed by atoms with Crippen LogP contribution in [0.15, 0.2) is 59.5 Å². The fourth-order valence-electron chi connectivity index (χ4n) is 2.77. The summed E-state index contributed by atoms with van der Waals surface area (Å²) in [6.45, 7) is 0.138. The van der Waals surface area contributed by atoms with E-state index in [0.29, 0.717) is 16.2 Å². The number of nitrogens with zero attached hydrogens (tertiary/aromatic N) is 2. The minimum atomic E-state index is -0.503. The van der Waals surface area contributed by atoms with E-state index in [0.717, 1.165) is 22.2 Å². The molecule has 1 heterocycles. The van der Waals surface area contributed by atoms with Gasteiger partial charge in [0, 0.05) is 31.3 Å². The Labute approximate surface area is 187 Å². The first-order chi connectivity index (χ1) is 15.4. The van der Waals surface area contributed by atoms with Crippen LogP contribution < -0.4 is 10.1 Å². The number of rotatable bonds is 8. The number of thioether (sulfide) groups is 1. The molecule has 0 atom stereocenters. The molecule has 0 bridgehead atoms. The van der Waals surface area contributed by atoms with Gasteiger partial charge in [0.05, 0.1) is 16.9 Å². The minimum absolute atomic E-state index is 0.0372. The maximum atomic E-state index is 12.5. The van der Waals surface area contributed by atoms with Crippen molar-refractivity contribution in [3.63, 3.8) is 0 Å². The van der Waals surface area contributed by atoms with Crippen LogP contribution in [0.2, 0.25) is 0 Å². The summed E-state index contributed by atoms with van der Waals surface area (Å²) in [5.74, 6) is -0.135. The topological polar surface area (TPSA) is 119 Å². The predicted octanol–water partition coefficient (Wildman–Crippen LogP) is 3.47. The molecule has 3 rings (SSSR count). The van der Waals surface area contributed by atoms with Crippen molar-refractivity contribution in [3.8, 4) is 5.75 Å². The fraction of sp³-hybridized carbons (Fsp3) is 0.136. The van der Waals surface area contributed by atoms with Gasteiger partial charge in [-0.1, -0.05) is 12.1 Å². The van der Waals surface area contributed by atoms with Crippen molar-refractivity contribution in [1.82, 2.24) is 10.2 Å². The van der Waals surface area contributed by atoms with Crippen LogP contribution in [0.25, 0.3) is 12.2 Å². The van der Waals surface area contributed by atoms with Gasteiger partial charge in [0.2, 0.25) is 5.91 Å². The predicted molar refractivity (Wildman–Crippen MR) is 121 cm³/mol. The van der Waals surface area contributed by atoms with Crippen LogP contribution in [-0.4, -0.2) is 47.1 Å². The van der Waals surface area contributed by atoms with Gasteiger partial charge in [0.15, 0.2) is 0 Å². The highest BCUT2D eigenvalue weighted by molar-refractivity contribution is 8.18. The standard InChI is InChI=1S/C22H19N3O6S/c1-31-18-9-4-16(5-10-18)14-19-21(27)24(22(28)32-19)13-12-23-20(26)11-6-15-2-7-17(8-3-15)25(29)30/h2-11,14H,12-13H2,1H3,(H,23,26). The van der Waals surface area contributed by atoms with E-state index in [4.69, 9.17) is 4.74 Å². The Kier molecular flexibility index (Phi) is 7.40. The highest BCUT2D eigenvalue weighted by atomic mass is 32.2. The molecule has 0 radical (unpaired) electrons. The summed E-state index contributed by atoms with van der Waals surface area (Å²) in [5.41, 5.74) is 1.35. The summed E-state index contributed by atoms with van der Waals surface area (Å²) in [6, 6.07) is 12.8. The van der Waals surface area contributed by atoms with Crippen molar-refractivity contribution in [1.29, 1.82) is 0 Å². The maximum Gasteiger partial charge on any atom is 0.293 e. The Morgan fingerprint density at radius 2 is 1.78 bits per heavy atom. The molecular weight excluding hydrogens is 434 g/mol. The number of hydrogen-bond acceptors (Lipinski definition) is 7. The molecule has 2 aromatic carbocycles. The second-order valence-corrected chi connectivity index (χ2v) is 7.57. The lowest BCUT2D eigenvalue weighted by Crippen LogP contribution is -2.36. The van der Waals surface area contributed by atoms with Crippen LogP contribution in [0, 0.1) is 10.1 Å². The van der Waals surface area contributed by atoms with E-state index in [9.17, 15) is 24.5 Å². The molecule has 1 fully saturated rings. The highest BCUT2D eigenvalue weighted by Gasteiger charge is 2.34. The number of carbonyl (C=O) groups is 3. The average molecular weight is 453 g/mol. The molecule has 0 aliphatic carbocycles. The number of ether oxygens (including phenoxy) is 1. The van der Waals surface area contributed by atoms with Crippen molar-refractivity contribution in [2.24, 2.45) is 0 Å². The molecule has 10 heteroatoms. The number of hydrogen-bond donors (Lipinski definition) is 1. The van der Waals surface area contributed by atoms with Crippen LogP contribution in [0.3, 0.4) is 0 Å². The number of amides is 3. The first-order valence-electron chi connectivity index (χ1n) is 9.47. The van der Waals surface area contributed by atoms with Gasteiger partial charge in [0.25, 0.3) is 16.8 Å². The van der Waals surface area contributed by atoms with Crippen LogP contribution in [0.5, 0.6) is 5.75 Å². The van der Waals surface area contributed by atoms with Crippen molar-refractivity contribution in [2.45, 2.75) is 0 Å². The molecule has 0 saturated carbocycles. The summed E-state index contributed by atoms with van der Waals surface area (Å²) in [6.07, 6.45) is 4.42. The first kappa shape index (κ1) is 22.8. The molecule has 9 nitrogen and oxygen atoms in total. The van der Waals surface area contributed by atoms with E-state index >= 15 is 0 Å². The van der Waals surface area contributed by atoms with Gasteiger partial charge in [0.1, 0.15) is 5.75 Å². The molecule has 1 N–H and O–H groups in total. The van der Waals surface area contributed by atoms with Crippen molar-refractivity contribution in [2.75, 3.05) is 20.2 Å². The smallest absolute Gasteiger partial charge is 0.293 e. The van der Waals surface area contributed by atoms with E-state index < -0.39 is 22.0 Å². The number of carbonyl (C=O) groups excluding carboxylic acids is 3. The normalized spacial score (nSPS) is 14.9. The van der Waals surface area contributed by atoms with Gasteiger partial charge in [-0.25, -0.2) is 0 Å². The Morgan fingerprint density at radius 1 is 1.12 bits per heavy atom. The summed E-state index contributed by atoms with van der Waals surface area (Å²) >= 11 is 0.849. The molecule has 32 heavy (non-hydrogen) atoms. The molecule has 1 aliphatic rings. The number of imide groups is 1. The van der Waals surface area contributed by atoms with Gasteiger partial charge in [-0.15, -0.1) is 0 Å². The Balaban J connectivity index is 1.51. The second-order valence-electron chi connectivity index (χ2n) is 6.58. The van der Waals surface area contributed by atoms with Gasteiger partial charge >= 0.3 is 0 Å². The summed E-state index contributed by atoms with van der Waals surface area (Å²) < 4.78 is 5.09. The van der Waals surface area contributed by atoms with Gasteiger partial charge < -0.3 is 10.1 Å². The molecule has 2 aromatic rings. The largest absolute Gasteiger partial charge is 0.497 e. The van der Waals surface area contributed by atoms with Gasteiger partial charge in [-0.2, -0.15) is 0 Å². The lowest BCUT2D eigenvalue weighted by molar-refractivity contribution is -0.384. The number of nitro benzene ring substituents is 1. The quantitative estimate of drug-likeness (QED) is 0.369. The third-order valence-electron chi connectivity index (χ3n) is 4.45. The Bertz CT molecular complexity index is 1090.